The lowest BCUT2D eigenvalue weighted by Crippen LogP contribution is -2.55. The fourth-order valence-electron chi connectivity index (χ4n) is 3.11. The Morgan fingerprint density at radius 1 is 1.18 bits per heavy atom. The molecule has 2 aliphatic rings. The molecule has 0 aromatic heterocycles. The zero-order valence-electron chi connectivity index (χ0n) is 14.5. The maximum atomic E-state index is 12.1. The quantitative estimate of drug-likeness (QED) is 0.784. The molecule has 2 atom stereocenters. The van der Waals surface area contributed by atoms with Crippen molar-refractivity contribution in [3.63, 3.8) is 0 Å². The van der Waals surface area contributed by atoms with Crippen molar-refractivity contribution in [2.45, 2.75) is 77.5 Å². The summed E-state index contributed by atoms with van der Waals surface area (Å²) in [6.07, 6.45) is 5.45. The molecule has 2 unspecified atom stereocenters. The van der Waals surface area contributed by atoms with E-state index in [0.29, 0.717) is 6.04 Å². The molecule has 2 rings (SSSR count). The van der Waals surface area contributed by atoms with Crippen LogP contribution in [0.3, 0.4) is 0 Å². The third-order valence-electron chi connectivity index (χ3n) is 4.41. The number of carbonyl (C=O) groups excluding carboxylic acids is 1. The molecular formula is C17H32N2O3. The van der Waals surface area contributed by atoms with Crippen LogP contribution in [0.2, 0.25) is 0 Å². The summed E-state index contributed by atoms with van der Waals surface area (Å²) >= 11 is 0. The van der Waals surface area contributed by atoms with Gasteiger partial charge < -0.3 is 20.1 Å². The van der Waals surface area contributed by atoms with E-state index in [4.69, 9.17) is 9.47 Å². The second kappa shape index (κ2) is 7.18. The van der Waals surface area contributed by atoms with Crippen LogP contribution in [-0.2, 0) is 9.47 Å². The van der Waals surface area contributed by atoms with Crippen LogP contribution in [0.4, 0.5) is 4.79 Å². The van der Waals surface area contributed by atoms with Gasteiger partial charge in [-0.25, -0.2) is 4.79 Å². The predicted molar refractivity (Wildman–Crippen MR) is 87.0 cm³/mol. The Kier molecular flexibility index (Phi) is 5.72. The first-order valence-electron chi connectivity index (χ1n) is 8.58. The monoisotopic (exact) mass is 312 g/mol. The minimum atomic E-state index is -0.450. The third kappa shape index (κ3) is 5.43. The van der Waals surface area contributed by atoms with E-state index in [0.717, 1.165) is 32.6 Å². The highest BCUT2D eigenvalue weighted by Crippen LogP contribution is 2.26. The van der Waals surface area contributed by atoms with Crippen LogP contribution < -0.4 is 10.6 Å². The number of nitrogens with one attached hydrogen (secondary N) is 2. The molecule has 0 radical (unpaired) electrons. The number of hydrogen-bond acceptors (Lipinski definition) is 4. The van der Waals surface area contributed by atoms with Crippen molar-refractivity contribution < 1.29 is 14.3 Å². The van der Waals surface area contributed by atoms with Gasteiger partial charge in [-0.3, -0.25) is 0 Å². The fourth-order valence-corrected chi connectivity index (χ4v) is 3.11. The lowest BCUT2D eigenvalue weighted by atomic mass is 9.88. The molecule has 2 fully saturated rings. The third-order valence-corrected chi connectivity index (χ3v) is 4.41. The van der Waals surface area contributed by atoms with Crippen LogP contribution in [0.15, 0.2) is 0 Å². The number of carbonyl (C=O) groups is 1. The standard InChI is InChI=1S/C17H32N2O3/c1-16(2,3)22-15(20)19-14-9-7-5-6-8-13(14)18-10-17(4)11-21-12-17/h13-14,18H,5-12H2,1-4H3,(H,19,20). The molecule has 1 saturated heterocycles. The van der Waals surface area contributed by atoms with E-state index in [1.165, 1.54) is 19.3 Å². The number of alkyl carbamates (subject to hydrolysis) is 1. The van der Waals surface area contributed by atoms with E-state index < -0.39 is 5.60 Å². The van der Waals surface area contributed by atoms with Crippen LogP contribution in [0.5, 0.6) is 0 Å². The molecule has 5 nitrogen and oxygen atoms in total. The molecule has 0 aromatic rings. The average Bonchev–Trinajstić information content (AvgIpc) is 2.57. The van der Waals surface area contributed by atoms with Gasteiger partial charge in [-0.15, -0.1) is 0 Å². The molecule has 1 saturated carbocycles. The van der Waals surface area contributed by atoms with E-state index in [2.05, 4.69) is 17.6 Å². The summed E-state index contributed by atoms with van der Waals surface area (Å²) in [4.78, 5) is 12.1. The van der Waals surface area contributed by atoms with Gasteiger partial charge in [-0.2, -0.15) is 0 Å². The summed E-state index contributed by atoms with van der Waals surface area (Å²) in [7, 11) is 0. The highest BCUT2D eigenvalue weighted by Gasteiger charge is 2.35. The number of ether oxygens (including phenoxy) is 2. The van der Waals surface area contributed by atoms with Crippen molar-refractivity contribution in [1.82, 2.24) is 10.6 Å². The van der Waals surface area contributed by atoms with E-state index in [-0.39, 0.29) is 17.6 Å². The van der Waals surface area contributed by atoms with Crippen molar-refractivity contribution in [2.75, 3.05) is 19.8 Å². The molecule has 1 aliphatic heterocycles. The maximum absolute atomic E-state index is 12.1. The predicted octanol–water partition coefficient (Wildman–Crippen LogP) is 2.84. The first-order valence-corrected chi connectivity index (χ1v) is 8.58. The highest BCUT2D eigenvalue weighted by atomic mass is 16.6. The van der Waals surface area contributed by atoms with Crippen LogP contribution in [-0.4, -0.2) is 43.5 Å². The highest BCUT2D eigenvalue weighted by molar-refractivity contribution is 5.68. The van der Waals surface area contributed by atoms with Crippen LogP contribution in [0, 0.1) is 5.41 Å². The number of hydrogen-bond donors (Lipinski definition) is 2. The molecule has 1 heterocycles. The van der Waals surface area contributed by atoms with Crippen LogP contribution in [0.25, 0.3) is 0 Å². The first kappa shape index (κ1) is 17.5. The van der Waals surface area contributed by atoms with Gasteiger partial charge in [0.2, 0.25) is 0 Å². The summed E-state index contributed by atoms with van der Waals surface area (Å²) in [5.74, 6) is 0. The van der Waals surface area contributed by atoms with Gasteiger partial charge in [0.15, 0.2) is 0 Å². The molecule has 1 amide bonds. The average molecular weight is 312 g/mol. The molecular weight excluding hydrogens is 280 g/mol. The topological polar surface area (TPSA) is 59.6 Å². The number of amides is 1. The Morgan fingerprint density at radius 3 is 2.36 bits per heavy atom. The van der Waals surface area contributed by atoms with Crippen molar-refractivity contribution >= 4 is 6.09 Å². The summed E-state index contributed by atoms with van der Waals surface area (Å²) in [6.45, 7) is 10.5. The Bertz CT molecular complexity index is 375. The molecule has 2 N–H and O–H groups in total. The van der Waals surface area contributed by atoms with Gasteiger partial charge in [0.05, 0.1) is 13.2 Å². The molecule has 0 aromatic carbocycles. The van der Waals surface area contributed by atoms with Gasteiger partial charge in [-0.05, 0) is 33.6 Å². The first-order chi connectivity index (χ1) is 10.3. The number of rotatable bonds is 4. The second-order valence-electron chi connectivity index (χ2n) is 8.18. The van der Waals surface area contributed by atoms with Crippen molar-refractivity contribution in [3.05, 3.63) is 0 Å². The zero-order chi connectivity index (χ0) is 16.2. The summed E-state index contributed by atoms with van der Waals surface area (Å²) in [5, 5.41) is 6.75. The van der Waals surface area contributed by atoms with Gasteiger partial charge in [-0.1, -0.05) is 26.2 Å². The Hall–Kier alpha value is -0.810. The van der Waals surface area contributed by atoms with E-state index >= 15 is 0 Å². The minimum Gasteiger partial charge on any atom is -0.444 e. The lowest BCUT2D eigenvalue weighted by Gasteiger charge is -2.40. The minimum absolute atomic E-state index is 0.155. The molecule has 0 bridgehead atoms. The SMILES string of the molecule is CC1(CNC2CCCCCC2NC(=O)OC(C)(C)C)COC1. The zero-order valence-corrected chi connectivity index (χ0v) is 14.5. The largest absolute Gasteiger partial charge is 0.444 e. The maximum Gasteiger partial charge on any atom is 0.407 e. The lowest BCUT2D eigenvalue weighted by molar-refractivity contribution is -0.100. The van der Waals surface area contributed by atoms with Crippen LogP contribution >= 0.6 is 0 Å². The van der Waals surface area contributed by atoms with Gasteiger partial charge in [0.25, 0.3) is 0 Å². The van der Waals surface area contributed by atoms with Gasteiger partial charge in [0, 0.05) is 24.0 Å². The molecule has 128 valence electrons. The molecule has 0 spiro atoms. The van der Waals surface area contributed by atoms with Crippen molar-refractivity contribution in [3.8, 4) is 0 Å². The summed E-state index contributed by atoms with van der Waals surface area (Å²) in [5.41, 5.74) is -0.197. The Morgan fingerprint density at radius 2 is 1.82 bits per heavy atom. The van der Waals surface area contributed by atoms with E-state index in [9.17, 15) is 4.79 Å². The van der Waals surface area contributed by atoms with Gasteiger partial charge >= 0.3 is 6.09 Å². The van der Waals surface area contributed by atoms with Gasteiger partial charge in [0.1, 0.15) is 5.60 Å². The normalized spacial score (nSPS) is 28.4. The van der Waals surface area contributed by atoms with E-state index in [1.54, 1.807) is 0 Å². The molecule has 5 heteroatoms. The smallest absolute Gasteiger partial charge is 0.407 e. The fraction of sp³-hybridized carbons (Fsp3) is 0.941. The second-order valence-corrected chi connectivity index (χ2v) is 8.18. The molecule has 22 heavy (non-hydrogen) atoms. The summed E-state index contributed by atoms with van der Waals surface area (Å²) in [6, 6.07) is 0.481. The van der Waals surface area contributed by atoms with Crippen LogP contribution in [0.1, 0.15) is 59.8 Å². The summed E-state index contributed by atoms with van der Waals surface area (Å²) < 4.78 is 10.7. The van der Waals surface area contributed by atoms with Crippen molar-refractivity contribution in [2.24, 2.45) is 5.41 Å². The molecule has 1 aliphatic carbocycles. The van der Waals surface area contributed by atoms with E-state index in [1.807, 2.05) is 20.8 Å². The van der Waals surface area contributed by atoms with Crippen molar-refractivity contribution in [1.29, 1.82) is 0 Å². The Labute approximate surface area is 134 Å². The Balaban J connectivity index is 1.87.